The SMILES string of the molecule is O=C(COc1ccccc1-c1ccccc1)Nc1cc([N+](=O)[O-])ccc1O. The number of ether oxygens (including phenoxy) is 1. The van der Waals surface area contributed by atoms with Crippen LogP contribution >= 0.6 is 0 Å². The average Bonchev–Trinajstić information content (AvgIpc) is 2.69. The van der Waals surface area contributed by atoms with E-state index in [0.29, 0.717) is 5.75 Å². The Morgan fingerprint density at radius 1 is 1.04 bits per heavy atom. The predicted molar refractivity (Wildman–Crippen MR) is 101 cm³/mol. The van der Waals surface area contributed by atoms with Gasteiger partial charge in [-0.15, -0.1) is 0 Å². The number of nitro benzene ring substituents is 1. The minimum absolute atomic E-state index is 0.0471. The molecule has 27 heavy (non-hydrogen) atoms. The molecule has 0 saturated heterocycles. The summed E-state index contributed by atoms with van der Waals surface area (Å²) in [6.07, 6.45) is 0. The van der Waals surface area contributed by atoms with Crippen molar-refractivity contribution < 1.29 is 19.6 Å². The molecule has 0 saturated carbocycles. The van der Waals surface area contributed by atoms with E-state index < -0.39 is 10.8 Å². The molecule has 7 nitrogen and oxygen atoms in total. The second-order valence-corrected chi connectivity index (χ2v) is 5.66. The molecule has 136 valence electrons. The maximum absolute atomic E-state index is 12.1. The highest BCUT2D eigenvalue weighted by molar-refractivity contribution is 5.93. The molecular formula is C20H16N2O5. The third-order valence-corrected chi connectivity index (χ3v) is 3.80. The highest BCUT2D eigenvalue weighted by Gasteiger charge is 2.14. The van der Waals surface area contributed by atoms with Crippen LogP contribution in [0, 0.1) is 10.1 Å². The fourth-order valence-corrected chi connectivity index (χ4v) is 2.52. The molecule has 1 amide bonds. The number of amides is 1. The summed E-state index contributed by atoms with van der Waals surface area (Å²) >= 11 is 0. The Kier molecular flexibility index (Phi) is 5.32. The third-order valence-electron chi connectivity index (χ3n) is 3.80. The molecule has 0 fully saturated rings. The van der Waals surface area contributed by atoms with Gasteiger partial charge in [0, 0.05) is 17.7 Å². The molecule has 0 aliphatic heterocycles. The maximum Gasteiger partial charge on any atom is 0.271 e. The van der Waals surface area contributed by atoms with Crippen LogP contribution in [0.25, 0.3) is 11.1 Å². The summed E-state index contributed by atoms with van der Waals surface area (Å²) in [6, 6.07) is 20.3. The fourth-order valence-electron chi connectivity index (χ4n) is 2.52. The Balaban J connectivity index is 1.71. The number of nitrogens with zero attached hydrogens (tertiary/aromatic N) is 1. The van der Waals surface area contributed by atoms with E-state index in [1.165, 1.54) is 0 Å². The Morgan fingerprint density at radius 2 is 1.74 bits per heavy atom. The van der Waals surface area contributed by atoms with Crippen LogP contribution in [-0.2, 0) is 4.79 Å². The standard InChI is InChI=1S/C20H16N2O5/c23-18-11-10-15(22(25)26)12-17(18)21-20(24)13-27-19-9-5-4-8-16(19)14-6-2-1-3-7-14/h1-12,23H,13H2,(H,21,24). The van der Waals surface area contributed by atoms with Crippen LogP contribution in [0.5, 0.6) is 11.5 Å². The molecule has 0 heterocycles. The van der Waals surface area contributed by atoms with E-state index >= 15 is 0 Å². The second-order valence-electron chi connectivity index (χ2n) is 5.66. The van der Waals surface area contributed by atoms with Gasteiger partial charge >= 0.3 is 0 Å². The zero-order valence-corrected chi connectivity index (χ0v) is 14.2. The molecule has 7 heteroatoms. The highest BCUT2D eigenvalue weighted by atomic mass is 16.6. The Morgan fingerprint density at radius 3 is 2.48 bits per heavy atom. The predicted octanol–water partition coefficient (Wildman–Crippen LogP) is 3.98. The van der Waals surface area contributed by atoms with E-state index in [1.54, 1.807) is 12.1 Å². The van der Waals surface area contributed by atoms with Crippen LogP contribution in [0.3, 0.4) is 0 Å². The summed E-state index contributed by atoms with van der Waals surface area (Å²) in [6.45, 7) is -0.314. The minimum Gasteiger partial charge on any atom is -0.506 e. The number of aromatic hydroxyl groups is 1. The van der Waals surface area contributed by atoms with Crippen molar-refractivity contribution in [1.82, 2.24) is 0 Å². The highest BCUT2D eigenvalue weighted by Crippen LogP contribution is 2.30. The van der Waals surface area contributed by atoms with Crippen LogP contribution in [0.1, 0.15) is 0 Å². The lowest BCUT2D eigenvalue weighted by Gasteiger charge is -2.12. The van der Waals surface area contributed by atoms with Gasteiger partial charge in [-0.3, -0.25) is 14.9 Å². The third kappa shape index (κ3) is 4.40. The van der Waals surface area contributed by atoms with Crippen LogP contribution in [0.2, 0.25) is 0 Å². The first kappa shape index (κ1) is 17.9. The molecule has 0 spiro atoms. The average molecular weight is 364 g/mol. The molecule has 3 aromatic carbocycles. The lowest BCUT2D eigenvalue weighted by Crippen LogP contribution is -2.20. The first-order valence-corrected chi connectivity index (χ1v) is 8.09. The van der Waals surface area contributed by atoms with Crippen molar-refractivity contribution in [1.29, 1.82) is 0 Å². The van der Waals surface area contributed by atoms with Crippen molar-refractivity contribution in [2.45, 2.75) is 0 Å². The summed E-state index contributed by atoms with van der Waals surface area (Å²) in [5.74, 6) is -0.283. The number of carbonyl (C=O) groups excluding carboxylic acids is 1. The van der Waals surface area contributed by atoms with Gasteiger partial charge in [-0.25, -0.2) is 0 Å². The number of hydrogen-bond acceptors (Lipinski definition) is 5. The van der Waals surface area contributed by atoms with E-state index in [1.807, 2.05) is 42.5 Å². The molecule has 0 radical (unpaired) electrons. The Bertz CT molecular complexity index is 973. The zero-order chi connectivity index (χ0) is 19.2. The number of anilines is 1. The van der Waals surface area contributed by atoms with Crippen LogP contribution in [0.4, 0.5) is 11.4 Å². The Labute approximate surface area is 155 Å². The molecular weight excluding hydrogens is 348 g/mol. The number of benzene rings is 3. The number of nitro groups is 1. The molecule has 0 unspecified atom stereocenters. The van der Waals surface area contributed by atoms with Crippen molar-refractivity contribution >= 4 is 17.3 Å². The summed E-state index contributed by atoms with van der Waals surface area (Å²) < 4.78 is 5.62. The lowest BCUT2D eigenvalue weighted by molar-refractivity contribution is -0.384. The van der Waals surface area contributed by atoms with Gasteiger partial charge in [-0.05, 0) is 17.7 Å². The molecule has 2 N–H and O–H groups in total. The molecule has 0 aliphatic carbocycles. The topological polar surface area (TPSA) is 102 Å². The number of para-hydroxylation sites is 1. The van der Waals surface area contributed by atoms with Gasteiger partial charge in [-0.2, -0.15) is 0 Å². The maximum atomic E-state index is 12.1. The number of rotatable bonds is 6. The van der Waals surface area contributed by atoms with E-state index in [4.69, 9.17) is 4.74 Å². The number of phenols is 1. The van der Waals surface area contributed by atoms with Gasteiger partial charge in [0.15, 0.2) is 6.61 Å². The van der Waals surface area contributed by atoms with Crippen LogP contribution in [0.15, 0.2) is 72.8 Å². The van der Waals surface area contributed by atoms with Crippen molar-refractivity contribution in [2.24, 2.45) is 0 Å². The fraction of sp³-hybridized carbons (Fsp3) is 0.0500. The number of hydrogen-bond donors (Lipinski definition) is 2. The summed E-state index contributed by atoms with van der Waals surface area (Å²) in [5.41, 5.74) is 1.50. The first-order valence-electron chi connectivity index (χ1n) is 8.09. The Hall–Kier alpha value is -3.87. The number of non-ortho nitro benzene ring substituents is 1. The molecule has 3 rings (SSSR count). The van der Waals surface area contributed by atoms with Gasteiger partial charge in [0.05, 0.1) is 10.6 Å². The normalized spacial score (nSPS) is 10.2. The van der Waals surface area contributed by atoms with Crippen molar-refractivity contribution in [3.63, 3.8) is 0 Å². The van der Waals surface area contributed by atoms with Gasteiger partial charge < -0.3 is 15.2 Å². The molecule has 3 aromatic rings. The van der Waals surface area contributed by atoms with E-state index in [-0.39, 0.29) is 23.7 Å². The van der Waals surface area contributed by atoms with Gasteiger partial charge in [0.1, 0.15) is 11.5 Å². The number of phenolic OH excluding ortho intramolecular Hbond substituents is 1. The molecule has 0 aromatic heterocycles. The molecule has 0 aliphatic rings. The van der Waals surface area contributed by atoms with Crippen molar-refractivity contribution in [3.8, 4) is 22.6 Å². The van der Waals surface area contributed by atoms with Crippen molar-refractivity contribution in [2.75, 3.05) is 11.9 Å². The zero-order valence-electron chi connectivity index (χ0n) is 14.2. The van der Waals surface area contributed by atoms with Gasteiger partial charge in [-0.1, -0.05) is 48.5 Å². The largest absolute Gasteiger partial charge is 0.506 e. The summed E-state index contributed by atoms with van der Waals surface area (Å²) in [4.78, 5) is 22.4. The molecule has 0 atom stereocenters. The first-order chi connectivity index (χ1) is 13.0. The lowest BCUT2D eigenvalue weighted by atomic mass is 10.1. The quantitative estimate of drug-likeness (QED) is 0.391. The van der Waals surface area contributed by atoms with Crippen molar-refractivity contribution in [3.05, 3.63) is 82.9 Å². The summed E-state index contributed by atoms with van der Waals surface area (Å²) in [5, 5.41) is 23.0. The van der Waals surface area contributed by atoms with Gasteiger partial charge in [0.25, 0.3) is 11.6 Å². The van der Waals surface area contributed by atoms with Crippen LogP contribution < -0.4 is 10.1 Å². The van der Waals surface area contributed by atoms with E-state index in [2.05, 4.69) is 5.32 Å². The monoisotopic (exact) mass is 364 g/mol. The van der Waals surface area contributed by atoms with Gasteiger partial charge in [0.2, 0.25) is 0 Å². The minimum atomic E-state index is -0.609. The molecule has 0 bridgehead atoms. The smallest absolute Gasteiger partial charge is 0.271 e. The number of nitrogens with one attached hydrogen (secondary N) is 1. The van der Waals surface area contributed by atoms with Crippen LogP contribution in [-0.4, -0.2) is 22.5 Å². The van der Waals surface area contributed by atoms with E-state index in [9.17, 15) is 20.0 Å². The number of carbonyl (C=O) groups is 1. The van der Waals surface area contributed by atoms with E-state index in [0.717, 1.165) is 29.3 Å². The summed E-state index contributed by atoms with van der Waals surface area (Å²) in [7, 11) is 0. The second kappa shape index (κ2) is 8.01.